The molecule has 26 heavy (non-hydrogen) atoms. The van der Waals surface area contributed by atoms with E-state index in [-0.39, 0.29) is 0 Å². The normalized spacial score (nSPS) is 16.0. The molecule has 7 heteroatoms. The number of allylic oxidation sites excluding steroid dienone is 1. The molecular weight excluding hydrogens is 334 g/mol. The van der Waals surface area contributed by atoms with Gasteiger partial charge in [-0.25, -0.2) is 9.59 Å². The van der Waals surface area contributed by atoms with E-state index in [1.165, 1.54) is 14.2 Å². The van der Waals surface area contributed by atoms with Crippen molar-refractivity contribution in [2.75, 3.05) is 19.5 Å². The van der Waals surface area contributed by atoms with Crippen LogP contribution >= 0.6 is 0 Å². The lowest BCUT2D eigenvalue weighted by Gasteiger charge is -2.29. The fraction of sp³-hybridized carbons (Fsp3) is 0.316. The molecule has 3 rings (SSSR count). The van der Waals surface area contributed by atoms with Gasteiger partial charge in [-0.2, -0.15) is 5.10 Å². The van der Waals surface area contributed by atoms with E-state index in [1.54, 1.807) is 16.8 Å². The number of benzene rings is 1. The van der Waals surface area contributed by atoms with Crippen molar-refractivity contribution in [1.29, 1.82) is 0 Å². The van der Waals surface area contributed by atoms with Crippen LogP contribution in [0.1, 0.15) is 40.0 Å². The summed E-state index contributed by atoms with van der Waals surface area (Å²) in [6.07, 6.45) is 0. The number of methoxy groups -OCH3 is 2. The molecule has 0 saturated heterocycles. The van der Waals surface area contributed by atoms with Gasteiger partial charge in [0.05, 0.1) is 31.1 Å². The fourth-order valence-corrected chi connectivity index (χ4v) is 3.51. The number of aryl methyl sites for hydroxylation is 2. The van der Waals surface area contributed by atoms with Crippen LogP contribution < -0.4 is 5.32 Å². The Morgan fingerprint density at radius 1 is 1.12 bits per heavy atom. The van der Waals surface area contributed by atoms with Crippen LogP contribution in [0.4, 0.5) is 5.82 Å². The summed E-state index contributed by atoms with van der Waals surface area (Å²) in [7, 11) is 4.51. The van der Waals surface area contributed by atoms with Gasteiger partial charge in [0, 0.05) is 24.2 Å². The largest absolute Gasteiger partial charge is 0.466 e. The van der Waals surface area contributed by atoms with E-state index >= 15 is 0 Å². The van der Waals surface area contributed by atoms with Gasteiger partial charge in [0.15, 0.2) is 0 Å². The molecule has 0 fully saturated rings. The third-order valence-electron chi connectivity index (χ3n) is 4.64. The van der Waals surface area contributed by atoms with Crippen molar-refractivity contribution in [2.24, 2.45) is 7.05 Å². The zero-order valence-electron chi connectivity index (χ0n) is 15.4. The van der Waals surface area contributed by atoms with Gasteiger partial charge >= 0.3 is 11.9 Å². The lowest BCUT2D eigenvalue weighted by Crippen LogP contribution is -2.25. The van der Waals surface area contributed by atoms with Crippen LogP contribution in [-0.4, -0.2) is 35.9 Å². The number of ether oxygens (including phenoxy) is 2. The Morgan fingerprint density at radius 2 is 1.77 bits per heavy atom. The van der Waals surface area contributed by atoms with Crippen molar-refractivity contribution in [3.05, 3.63) is 57.9 Å². The summed E-state index contributed by atoms with van der Waals surface area (Å²) < 4.78 is 11.7. The second-order valence-corrected chi connectivity index (χ2v) is 6.14. The van der Waals surface area contributed by atoms with Crippen LogP contribution in [-0.2, 0) is 21.3 Å². The number of hydrogen-bond acceptors (Lipinski definition) is 6. The summed E-state index contributed by atoms with van der Waals surface area (Å²) >= 11 is 0. The van der Waals surface area contributed by atoms with E-state index in [4.69, 9.17) is 9.47 Å². The fourth-order valence-electron chi connectivity index (χ4n) is 3.51. The molecule has 0 bridgehead atoms. The molecule has 1 aromatic heterocycles. The molecule has 7 nitrogen and oxygen atoms in total. The van der Waals surface area contributed by atoms with E-state index in [1.807, 2.05) is 33.0 Å². The molecule has 0 aliphatic carbocycles. The Labute approximate surface area is 151 Å². The van der Waals surface area contributed by atoms with Crippen molar-refractivity contribution in [2.45, 2.75) is 19.8 Å². The van der Waals surface area contributed by atoms with Crippen LogP contribution in [0, 0.1) is 6.92 Å². The number of esters is 2. The summed E-state index contributed by atoms with van der Waals surface area (Å²) in [4.78, 5) is 24.9. The predicted molar refractivity (Wildman–Crippen MR) is 95.9 cm³/mol. The zero-order chi connectivity index (χ0) is 19.0. The highest BCUT2D eigenvalue weighted by atomic mass is 16.5. The smallest absolute Gasteiger partial charge is 0.338 e. The van der Waals surface area contributed by atoms with Gasteiger partial charge in [-0.3, -0.25) is 4.68 Å². The Morgan fingerprint density at radius 3 is 2.42 bits per heavy atom. The Balaban J connectivity index is 2.33. The molecule has 0 spiro atoms. The van der Waals surface area contributed by atoms with Crippen molar-refractivity contribution in [1.82, 2.24) is 9.78 Å². The van der Waals surface area contributed by atoms with Crippen LogP contribution in [0.25, 0.3) is 0 Å². The topological polar surface area (TPSA) is 82.5 Å². The van der Waals surface area contributed by atoms with Crippen LogP contribution in [0.3, 0.4) is 0 Å². The second-order valence-electron chi connectivity index (χ2n) is 6.14. The molecule has 136 valence electrons. The average molecular weight is 355 g/mol. The number of aromatic nitrogens is 2. The molecule has 0 saturated carbocycles. The minimum Gasteiger partial charge on any atom is -0.466 e. The number of nitrogens with one attached hydrogen (secondary N) is 1. The number of rotatable bonds is 3. The summed E-state index contributed by atoms with van der Waals surface area (Å²) in [5.41, 5.74) is 3.82. The Bertz CT molecular complexity index is 927. The molecule has 1 atom stereocenters. The van der Waals surface area contributed by atoms with Crippen molar-refractivity contribution >= 4 is 17.8 Å². The molecule has 2 aromatic rings. The van der Waals surface area contributed by atoms with E-state index in [2.05, 4.69) is 10.4 Å². The van der Waals surface area contributed by atoms with Gasteiger partial charge in [0.2, 0.25) is 0 Å². The predicted octanol–water partition coefficient (Wildman–Crippen LogP) is 2.52. The molecular formula is C19H21N3O4. The third kappa shape index (κ3) is 2.65. The van der Waals surface area contributed by atoms with Gasteiger partial charge in [-0.1, -0.05) is 18.2 Å². The average Bonchev–Trinajstić information content (AvgIpc) is 2.92. The first-order valence-electron chi connectivity index (χ1n) is 8.17. The summed E-state index contributed by atoms with van der Waals surface area (Å²) in [6.45, 7) is 3.69. The highest BCUT2D eigenvalue weighted by molar-refractivity contribution is 5.97. The molecule has 1 aliphatic rings. The van der Waals surface area contributed by atoms with Gasteiger partial charge in [-0.15, -0.1) is 0 Å². The maximum atomic E-state index is 12.6. The highest BCUT2D eigenvalue weighted by Gasteiger charge is 2.38. The minimum atomic E-state index is -0.484. The first-order chi connectivity index (χ1) is 12.4. The molecule has 2 heterocycles. The van der Waals surface area contributed by atoms with Gasteiger partial charge < -0.3 is 14.8 Å². The number of fused-ring (bicyclic) bond motifs is 1. The lowest BCUT2D eigenvalue weighted by molar-refractivity contribution is -0.136. The van der Waals surface area contributed by atoms with Crippen LogP contribution in [0.15, 0.2) is 35.5 Å². The summed E-state index contributed by atoms with van der Waals surface area (Å²) in [6, 6.07) is 7.12. The standard InChI is InChI=1S/C19H21N3O4/c1-10-15(19(24)26-5)16(14-11(2)21-22(3)17(14)20-10)12-8-6-7-9-13(12)18(23)25-4/h6-9,16,20H,1-5H3. The molecule has 1 unspecified atom stereocenters. The zero-order valence-corrected chi connectivity index (χ0v) is 15.4. The van der Waals surface area contributed by atoms with E-state index < -0.39 is 17.9 Å². The van der Waals surface area contributed by atoms with Gasteiger partial charge in [0.1, 0.15) is 5.82 Å². The Kier molecular flexibility index (Phi) is 4.54. The summed E-state index contributed by atoms with van der Waals surface area (Å²) in [5, 5.41) is 7.72. The number of nitrogens with zero attached hydrogens (tertiary/aromatic N) is 2. The minimum absolute atomic E-state index is 0.408. The van der Waals surface area contributed by atoms with Crippen molar-refractivity contribution in [3.8, 4) is 0 Å². The van der Waals surface area contributed by atoms with E-state index in [9.17, 15) is 9.59 Å². The van der Waals surface area contributed by atoms with E-state index in [0.717, 1.165) is 17.1 Å². The van der Waals surface area contributed by atoms with E-state index in [0.29, 0.717) is 22.4 Å². The maximum Gasteiger partial charge on any atom is 0.338 e. The monoisotopic (exact) mass is 355 g/mol. The van der Waals surface area contributed by atoms with Gasteiger partial charge in [-0.05, 0) is 25.5 Å². The Hall–Kier alpha value is -3.09. The van der Waals surface area contributed by atoms with Crippen molar-refractivity contribution < 1.29 is 19.1 Å². The van der Waals surface area contributed by atoms with Crippen LogP contribution in [0.2, 0.25) is 0 Å². The maximum absolute atomic E-state index is 12.6. The number of hydrogen-bond donors (Lipinski definition) is 1. The molecule has 0 amide bonds. The molecule has 1 aliphatic heterocycles. The van der Waals surface area contributed by atoms with Crippen molar-refractivity contribution in [3.63, 3.8) is 0 Å². The quantitative estimate of drug-likeness (QED) is 0.852. The third-order valence-corrected chi connectivity index (χ3v) is 4.64. The first-order valence-corrected chi connectivity index (χ1v) is 8.17. The van der Waals surface area contributed by atoms with Gasteiger partial charge in [0.25, 0.3) is 0 Å². The first kappa shape index (κ1) is 17.7. The lowest BCUT2D eigenvalue weighted by atomic mass is 9.79. The highest BCUT2D eigenvalue weighted by Crippen LogP contribution is 2.44. The molecule has 1 aromatic carbocycles. The number of carbonyl (C=O) groups excluding carboxylic acids is 2. The second kappa shape index (κ2) is 6.67. The summed E-state index contributed by atoms with van der Waals surface area (Å²) in [5.74, 6) is -0.599. The SMILES string of the molecule is COC(=O)C1=C(C)Nc2c(c(C)nn2C)C1c1ccccc1C(=O)OC. The number of carbonyl (C=O) groups is 2. The molecule has 0 radical (unpaired) electrons. The molecule has 1 N–H and O–H groups in total. The van der Waals surface area contributed by atoms with Crippen LogP contribution in [0.5, 0.6) is 0 Å². The number of anilines is 1.